The third kappa shape index (κ3) is 18.1. The second kappa shape index (κ2) is 32.0. The van der Waals surface area contributed by atoms with Crippen molar-refractivity contribution in [2.24, 2.45) is 0 Å². The molecule has 2 aliphatic carbocycles. The number of fused-ring (bicyclic) bond motifs is 6. The summed E-state index contributed by atoms with van der Waals surface area (Å²) < 4.78 is 0. The van der Waals surface area contributed by atoms with E-state index < -0.39 is 0 Å². The first-order valence-corrected chi connectivity index (χ1v) is 23.0. The van der Waals surface area contributed by atoms with E-state index >= 15 is 0 Å². The molecule has 0 saturated carbocycles. The molecule has 0 spiro atoms. The topological polar surface area (TPSA) is 0 Å². The minimum atomic E-state index is 0. The predicted octanol–water partition coefficient (Wildman–Crippen LogP) is 6.72. The summed E-state index contributed by atoms with van der Waals surface area (Å²) in [5.41, 5.74) is 0. The number of hydrogen-bond acceptors (Lipinski definition) is 0. The molecule has 6 heteroatoms. The van der Waals surface area contributed by atoms with Gasteiger partial charge in [-0.2, -0.15) is 12.2 Å². The molecule has 10 aromatic rings. The molecule has 0 bridgehead atoms. The Labute approximate surface area is 447 Å². The van der Waals surface area contributed by atoms with Crippen LogP contribution in [0.3, 0.4) is 0 Å². The van der Waals surface area contributed by atoms with Gasteiger partial charge >= 0.3 is 52.4 Å². The maximum Gasteiger partial charge on any atom is 3.00 e. The quantitative estimate of drug-likeness (QED) is 0.136. The van der Waals surface area contributed by atoms with E-state index in [1.165, 1.54) is 63.8 Å². The van der Waals surface area contributed by atoms with Gasteiger partial charge in [-0.1, -0.05) is 215 Å². The molecule has 318 valence electrons. The predicted molar refractivity (Wildman–Crippen MR) is 273 cm³/mol. The SMILES string of the molecule is [C-]1=CC=CC1.[C-]1=CC=CC1.[Cl-].[Cl-].[Zr+3].[Zr+3].c1ccc([Si]c2ccccc2)cc1.c1ccc([Si]c2ccccc2)cc1.c1ccc2c(c1)[cH-]c1ccccc12.c1ccc2c(c1)[cH-]c1ccccc12. The summed E-state index contributed by atoms with van der Waals surface area (Å²) >= 11 is 0. The van der Waals surface area contributed by atoms with Crippen LogP contribution in [0.5, 0.6) is 0 Å². The summed E-state index contributed by atoms with van der Waals surface area (Å²) in [5.74, 6) is 0. The van der Waals surface area contributed by atoms with Crippen molar-refractivity contribution >= 4 is 82.9 Å². The zero-order chi connectivity index (χ0) is 42.3. The molecule has 0 aliphatic heterocycles. The third-order valence-electron chi connectivity index (χ3n) is 9.89. The fourth-order valence-corrected chi connectivity index (χ4v) is 9.01. The van der Waals surface area contributed by atoms with Crippen molar-refractivity contribution in [3.63, 3.8) is 0 Å². The van der Waals surface area contributed by atoms with E-state index in [2.05, 4.69) is 255 Å². The Kier molecular flexibility index (Phi) is 27.0. The average molecular weight is 1080 g/mol. The van der Waals surface area contributed by atoms with Gasteiger partial charge < -0.3 is 24.8 Å². The second-order valence-electron chi connectivity index (χ2n) is 14.4. The first-order valence-electron chi connectivity index (χ1n) is 21.0. The first kappa shape index (κ1) is 55.6. The van der Waals surface area contributed by atoms with E-state index in [4.69, 9.17) is 0 Å². The molecule has 10 aromatic carbocycles. The van der Waals surface area contributed by atoms with Crippen LogP contribution in [0.4, 0.5) is 0 Å². The minimum Gasteiger partial charge on any atom is -1.00 e. The molecule has 0 unspecified atom stereocenters. The van der Waals surface area contributed by atoms with E-state index in [0.29, 0.717) is 0 Å². The molecular weight excluding hydrogens is 1030 g/mol. The van der Waals surface area contributed by atoms with Crippen LogP contribution in [0.2, 0.25) is 0 Å². The molecule has 0 amide bonds. The van der Waals surface area contributed by atoms with Gasteiger partial charge in [0.1, 0.15) is 19.0 Å². The Hall–Kier alpha value is -4.76. The average Bonchev–Trinajstić information content (AvgIpc) is 4.21. The first-order chi connectivity index (χ1) is 30.8. The van der Waals surface area contributed by atoms with E-state index in [9.17, 15) is 0 Å². The smallest absolute Gasteiger partial charge is 1.00 e. The number of rotatable bonds is 4. The Morgan fingerprint density at radius 1 is 0.303 bits per heavy atom. The van der Waals surface area contributed by atoms with Crippen molar-refractivity contribution in [1.29, 1.82) is 0 Å². The van der Waals surface area contributed by atoms with Gasteiger partial charge in [-0.05, 0) is 0 Å². The molecule has 0 aromatic heterocycles. The Morgan fingerprint density at radius 3 is 0.727 bits per heavy atom. The van der Waals surface area contributed by atoms with Crippen LogP contribution in [0.15, 0.2) is 267 Å². The minimum absolute atomic E-state index is 0. The number of benzene rings is 8. The summed E-state index contributed by atoms with van der Waals surface area (Å²) in [5, 5.41) is 16.4. The summed E-state index contributed by atoms with van der Waals surface area (Å²) in [4.78, 5) is 0. The molecule has 0 heterocycles. The van der Waals surface area contributed by atoms with E-state index in [-0.39, 0.29) is 77.2 Å². The number of hydrogen-bond donors (Lipinski definition) is 0. The Bertz CT molecular complexity index is 2560. The van der Waals surface area contributed by atoms with Gasteiger partial charge in [-0.25, -0.2) is 24.3 Å². The van der Waals surface area contributed by atoms with E-state index in [1.54, 1.807) is 0 Å². The molecular formula is C60H48Cl2Si2Zr2. The molecule has 66 heavy (non-hydrogen) atoms. The fraction of sp³-hybridized carbons (Fsp3) is 0.0333. The summed E-state index contributed by atoms with van der Waals surface area (Å²) in [6.45, 7) is 0. The van der Waals surface area contributed by atoms with Crippen LogP contribution in [0.25, 0.3) is 43.1 Å². The van der Waals surface area contributed by atoms with E-state index in [1.807, 2.05) is 24.3 Å². The number of allylic oxidation sites excluding steroid dienone is 8. The van der Waals surface area contributed by atoms with Gasteiger partial charge in [-0.3, -0.25) is 12.2 Å². The van der Waals surface area contributed by atoms with Gasteiger partial charge in [0.2, 0.25) is 0 Å². The standard InChI is InChI=1S/2C13H9.2C12H10Si.2C5H5.2ClH.2Zr/c2*1-3-7-12-10(5-1)9-11-6-2-4-8-13(11)12;2*1-3-7-11(8-4-1)13-12-9-5-2-6-10-12;2*1-2-4-5-3-1;;;;/h2*1-9H;2*1-10H;2*1-3H,4H2;2*1H;;/q2*-1;;;2*-1;;;2*+3/p-2. The fourth-order valence-electron chi connectivity index (χ4n) is 6.91. The Morgan fingerprint density at radius 2 is 0.530 bits per heavy atom. The van der Waals surface area contributed by atoms with Crippen LogP contribution in [0.1, 0.15) is 12.8 Å². The van der Waals surface area contributed by atoms with Crippen molar-refractivity contribution in [2.45, 2.75) is 12.8 Å². The van der Waals surface area contributed by atoms with Crippen molar-refractivity contribution in [3.05, 3.63) is 279 Å². The molecule has 0 saturated heterocycles. The van der Waals surface area contributed by atoms with Crippen LogP contribution < -0.4 is 45.6 Å². The van der Waals surface area contributed by atoms with Crippen LogP contribution in [-0.4, -0.2) is 19.0 Å². The van der Waals surface area contributed by atoms with Crippen LogP contribution in [-0.2, 0) is 52.4 Å². The summed E-state index contributed by atoms with van der Waals surface area (Å²) in [7, 11) is 1.55. The number of halogens is 2. The summed E-state index contributed by atoms with van der Waals surface area (Å²) in [6, 6.07) is 80.9. The molecule has 12 rings (SSSR count). The van der Waals surface area contributed by atoms with Gasteiger partial charge in [0.15, 0.2) is 0 Å². The molecule has 0 nitrogen and oxygen atoms in total. The van der Waals surface area contributed by atoms with Gasteiger partial charge in [-0.15, -0.1) is 92.3 Å². The van der Waals surface area contributed by atoms with Crippen molar-refractivity contribution in [1.82, 2.24) is 0 Å². The second-order valence-corrected chi connectivity index (χ2v) is 17.2. The Balaban J connectivity index is 0.000000214. The van der Waals surface area contributed by atoms with Gasteiger partial charge in [0, 0.05) is 0 Å². The zero-order valence-corrected chi connectivity index (χ0v) is 45.0. The third-order valence-corrected chi connectivity index (χ3v) is 12.4. The van der Waals surface area contributed by atoms with E-state index in [0.717, 1.165) is 31.9 Å². The monoisotopic (exact) mass is 1070 g/mol. The van der Waals surface area contributed by atoms with Crippen LogP contribution in [0, 0.1) is 12.2 Å². The molecule has 0 atom stereocenters. The zero-order valence-electron chi connectivity index (χ0n) is 36.6. The van der Waals surface area contributed by atoms with Crippen molar-refractivity contribution in [3.8, 4) is 0 Å². The molecule has 0 fully saturated rings. The van der Waals surface area contributed by atoms with Crippen molar-refractivity contribution in [2.75, 3.05) is 0 Å². The molecule has 2 aliphatic rings. The van der Waals surface area contributed by atoms with Gasteiger partial charge in [0.25, 0.3) is 0 Å². The molecule has 6 radical (unpaired) electrons. The van der Waals surface area contributed by atoms with Crippen LogP contribution >= 0.6 is 0 Å². The maximum atomic E-state index is 2.99. The molecule has 0 N–H and O–H groups in total. The normalized spacial score (nSPS) is 10.9. The van der Waals surface area contributed by atoms with Gasteiger partial charge in [0.05, 0.1) is 0 Å². The maximum absolute atomic E-state index is 2.99. The summed E-state index contributed by atoms with van der Waals surface area (Å²) in [6.07, 6.45) is 20.0. The van der Waals surface area contributed by atoms with Crippen molar-refractivity contribution < 1.29 is 77.2 Å². The largest absolute Gasteiger partial charge is 3.00 e.